The molecule has 0 bridgehead atoms. The van der Waals surface area contributed by atoms with Crippen LogP contribution in [0.5, 0.6) is 0 Å². The number of Topliss-reactive ketones (excluding diaryl/α,β-unsaturated/α-hetero) is 1. The monoisotopic (exact) mass is 441 g/mol. The number of rotatable bonds is 4. The molecular formula is C26H20FN3O3. The lowest BCUT2D eigenvalue weighted by atomic mass is 10.1. The Morgan fingerprint density at radius 2 is 1.61 bits per heavy atom. The number of halogens is 1. The van der Waals surface area contributed by atoms with Crippen LogP contribution in [0.4, 0.5) is 4.39 Å². The van der Waals surface area contributed by atoms with Gasteiger partial charge in [0.05, 0.1) is 23.3 Å². The highest BCUT2D eigenvalue weighted by Crippen LogP contribution is 2.27. The van der Waals surface area contributed by atoms with E-state index in [2.05, 4.69) is 0 Å². The molecule has 0 atom stereocenters. The van der Waals surface area contributed by atoms with E-state index in [1.54, 1.807) is 41.9 Å². The molecule has 164 valence electrons. The van der Waals surface area contributed by atoms with Crippen molar-refractivity contribution in [2.75, 3.05) is 0 Å². The van der Waals surface area contributed by atoms with Gasteiger partial charge in [0.15, 0.2) is 5.78 Å². The van der Waals surface area contributed by atoms with E-state index in [-0.39, 0.29) is 17.9 Å². The second kappa shape index (κ2) is 7.70. The van der Waals surface area contributed by atoms with Crippen molar-refractivity contribution >= 4 is 27.7 Å². The van der Waals surface area contributed by atoms with Crippen LogP contribution < -0.4 is 11.2 Å². The first-order valence-electron chi connectivity index (χ1n) is 10.5. The Bertz CT molecular complexity index is 1660. The van der Waals surface area contributed by atoms with Gasteiger partial charge in [0, 0.05) is 18.0 Å². The lowest BCUT2D eigenvalue weighted by Gasteiger charge is -2.13. The average molecular weight is 441 g/mol. The molecular weight excluding hydrogens is 421 g/mol. The maximum atomic E-state index is 13.7. The second-order valence-corrected chi connectivity index (χ2v) is 8.05. The van der Waals surface area contributed by atoms with E-state index in [0.717, 1.165) is 15.6 Å². The summed E-state index contributed by atoms with van der Waals surface area (Å²) in [4.78, 5) is 40.3. The summed E-state index contributed by atoms with van der Waals surface area (Å²) in [6, 6.07) is 19.5. The smallest absolute Gasteiger partial charge is 0.336 e. The molecule has 0 spiro atoms. The molecule has 5 rings (SSSR count). The van der Waals surface area contributed by atoms with Gasteiger partial charge in [-0.2, -0.15) is 0 Å². The van der Waals surface area contributed by atoms with E-state index in [9.17, 15) is 18.8 Å². The van der Waals surface area contributed by atoms with Crippen molar-refractivity contribution in [3.63, 3.8) is 0 Å². The molecule has 2 aromatic heterocycles. The summed E-state index contributed by atoms with van der Waals surface area (Å²) in [5.74, 6) is -0.811. The summed E-state index contributed by atoms with van der Waals surface area (Å²) >= 11 is 0. The third kappa shape index (κ3) is 3.29. The summed E-state index contributed by atoms with van der Waals surface area (Å²) in [6.45, 7) is 1.64. The summed E-state index contributed by atoms with van der Waals surface area (Å²) in [5.41, 5.74) is 2.11. The SMILES string of the molecule is Cc1ccc2c(c1)c1c(c(=O)n(-c3ccccc3)c(=O)n1CC(=O)c1ccc(F)cc1)n2C. The van der Waals surface area contributed by atoms with Crippen LogP contribution in [0.15, 0.2) is 82.4 Å². The fraction of sp³-hybridized carbons (Fsp3) is 0.115. The number of ketones is 1. The van der Waals surface area contributed by atoms with Gasteiger partial charge in [-0.3, -0.25) is 14.2 Å². The number of carbonyl (C=O) groups is 1. The predicted octanol–water partition coefficient (Wildman–Crippen LogP) is 3.97. The minimum absolute atomic E-state index is 0.283. The molecule has 33 heavy (non-hydrogen) atoms. The third-order valence-corrected chi connectivity index (χ3v) is 5.91. The van der Waals surface area contributed by atoms with Crippen molar-refractivity contribution in [3.05, 3.63) is 111 Å². The number of aromatic nitrogens is 3. The van der Waals surface area contributed by atoms with E-state index in [1.165, 1.54) is 28.8 Å². The van der Waals surface area contributed by atoms with Gasteiger partial charge in [-0.25, -0.2) is 13.8 Å². The number of aryl methyl sites for hydroxylation is 2. The third-order valence-electron chi connectivity index (χ3n) is 5.91. The van der Waals surface area contributed by atoms with Gasteiger partial charge in [-0.05, 0) is 55.5 Å². The lowest BCUT2D eigenvalue weighted by molar-refractivity contribution is 0.0971. The molecule has 0 saturated heterocycles. The Balaban J connectivity index is 1.87. The van der Waals surface area contributed by atoms with Crippen LogP contribution in [-0.2, 0) is 13.6 Å². The Hall–Kier alpha value is -4.26. The molecule has 2 heterocycles. The molecule has 0 N–H and O–H groups in total. The van der Waals surface area contributed by atoms with Gasteiger partial charge in [-0.15, -0.1) is 0 Å². The van der Waals surface area contributed by atoms with Gasteiger partial charge in [0.1, 0.15) is 11.3 Å². The predicted molar refractivity (Wildman–Crippen MR) is 126 cm³/mol. The zero-order chi connectivity index (χ0) is 23.3. The summed E-state index contributed by atoms with van der Waals surface area (Å²) in [7, 11) is 1.77. The van der Waals surface area contributed by atoms with Crippen LogP contribution in [0.25, 0.3) is 27.6 Å². The average Bonchev–Trinajstić information content (AvgIpc) is 3.09. The first-order valence-corrected chi connectivity index (χ1v) is 10.5. The van der Waals surface area contributed by atoms with Gasteiger partial charge in [-0.1, -0.05) is 29.8 Å². The number of benzene rings is 3. The van der Waals surface area contributed by atoms with Crippen LogP contribution in [0, 0.1) is 12.7 Å². The largest absolute Gasteiger partial charge is 0.338 e. The molecule has 5 aromatic rings. The zero-order valence-corrected chi connectivity index (χ0v) is 18.1. The lowest BCUT2D eigenvalue weighted by Crippen LogP contribution is -2.40. The topological polar surface area (TPSA) is 66.0 Å². The first kappa shape index (κ1) is 20.6. The Morgan fingerprint density at radius 3 is 2.30 bits per heavy atom. The molecule has 3 aromatic carbocycles. The van der Waals surface area contributed by atoms with Crippen molar-refractivity contribution in [2.45, 2.75) is 13.5 Å². The maximum absolute atomic E-state index is 13.7. The molecule has 0 amide bonds. The number of nitrogens with zero attached hydrogens (tertiary/aromatic N) is 3. The van der Waals surface area contributed by atoms with Gasteiger partial charge in [0.2, 0.25) is 0 Å². The highest BCUT2D eigenvalue weighted by molar-refractivity contribution is 6.07. The molecule has 0 fully saturated rings. The molecule has 0 aliphatic rings. The van der Waals surface area contributed by atoms with Crippen LogP contribution >= 0.6 is 0 Å². The number of hydrogen-bond acceptors (Lipinski definition) is 3. The minimum Gasteiger partial charge on any atom is -0.338 e. The number of carbonyl (C=O) groups excluding carboxylic acids is 1. The number of hydrogen-bond donors (Lipinski definition) is 0. The fourth-order valence-corrected chi connectivity index (χ4v) is 4.29. The highest BCUT2D eigenvalue weighted by Gasteiger charge is 2.22. The van der Waals surface area contributed by atoms with Crippen LogP contribution in [-0.4, -0.2) is 19.5 Å². The molecule has 7 heteroatoms. The molecule has 0 unspecified atom stereocenters. The normalized spacial score (nSPS) is 11.4. The molecule has 0 radical (unpaired) electrons. The van der Waals surface area contributed by atoms with Crippen LogP contribution in [0.3, 0.4) is 0 Å². The number of para-hydroxylation sites is 1. The van der Waals surface area contributed by atoms with Gasteiger partial charge >= 0.3 is 5.69 Å². The molecule has 0 aliphatic carbocycles. The van der Waals surface area contributed by atoms with Crippen molar-refractivity contribution in [2.24, 2.45) is 7.05 Å². The number of fused-ring (bicyclic) bond motifs is 3. The van der Waals surface area contributed by atoms with Gasteiger partial charge < -0.3 is 4.57 Å². The molecule has 6 nitrogen and oxygen atoms in total. The van der Waals surface area contributed by atoms with Crippen molar-refractivity contribution in [1.82, 2.24) is 13.7 Å². The van der Waals surface area contributed by atoms with E-state index in [1.807, 2.05) is 25.1 Å². The first-order chi connectivity index (χ1) is 15.9. The van der Waals surface area contributed by atoms with Crippen LogP contribution in [0.2, 0.25) is 0 Å². The fourth-order valence-electron chi connectivity index (χ4n) is 4.29. The Kier molecular flexibility index (Phi) is 4.82. The van der Waals surface area contributed by atoms with E-state index >= 15 is 0 Å². The van der Waals surface area contributed by atoms with E-state index in [4.69, 9.17) is 0 Å². The van der Waals surface area contributed by atoms with Gasteiger partial charge in [0.25, 0.3) is 5.56 Å². The summed E-state index contributed by atoms with van der Waals surface area (Å²) in [5, 5.41) is 0.716. The minimum atomic E-state index is -0.608. The molecule has 0 saturated carbocycles. The Labute approximate surface area is 187 Å². The maximum Gasteiger partial charge on any atom is 0.336 e. The summed E-state index contributed by atoms with van der Waals surface area (Å²) < 4.78 is 17.5. The quantitative estimate of drug-likeness (QED) is 0.397. The highest BCUT2D eigenvalue weighted by atomic mass is 19.1. The Morgan fingerprint density at radius 1 is 0.909 bits per heavy atom. The van der Waals surface area contributed by atoms with E-state index < -0.39 is 17.1 Å². The standard InChI is InChI=1S/C26H20FN3O3/c1-16-8-13-21-20(14-16)23-24(28(21)2)25(32)30(19-6-4-3-5-7-19)26(33)29(23)15-22(31)17-9-11-18(27)12-10-17/h3-14H,15H2,1-2H3. The van der Waals surface area contributed by atoms with E-state index in [0.29, 0.717) is 22.1 Å². The van der Waals surface area contributed by atoms with Crippen LogP contribution in [0.1, 0.15) is 15.9 Å². The van der Waals surface area contributed by atoms with Crippen molar-refractivity contribution in [1.29, 1.82) is 0 Å². The van der Waals surface area contributed by atoms with Crippen molar-refractivity contribution in [3.8, 4) is 5.69 Å². The molecule has 0 aliphatic heterocycles. The second-order valence-electron chi connectivity index (χ2n) is 8.05. The van der Waals surface area contributed by atoms with Crippen molar-refractivity contribution < 1.29 is 9.18 Å². The summed E-state index contributed by atoms with van der Waals surface area (Å²) in [6.07, 6.45) is 0. The zero-order valence-electron chi connectivity index (χ0n) is 18.1.